The fourth-order valence-electron chi connectivity index (χ4n) is 2.99. The van der Waals surface area contributed by atoms with Crippen LogP contribution >= 0.6 is 11.5 Å². The van der Waals surface area contributed by atoms with Gasteiger partial charge in [0, 0.05) is 30.6 Å². The van der Waals surface area contributed by atoms with Gasteiger partial charge in [0.2, 0.25) is 0 Å². The van der Waals surface area contributed by atoms with E-state index in [1.807, 2.05) is 10.3 Å². The lowest BCUT2D eigenvalue weighted by atomic mass is 9.97. The minimum atomic E-state index is 0.143. The summed E-state index contributed by atoms with van der Waals surface area (Å²) in [5.74, 6) is 0.143. The maximum absolute atomic E-state index is 12.1. The molecule has 0 saturated carbocycles. The van der Waals surface area contributed by atoms with Gasteiger partial charge in [0.1, 0.15) is 0 Å². The highest BCUT2D eigenvalue weighted by Gasteiger charge is 2.37. The molecule has 0 N–H and O–H groups in total. The topological polar surface area (TPSA) is 36.4 Å². The van der Waals surface area contributed by atoms with Crippen LogP contribution in [0.25, 0.3) is 0 Å². The molecule has 0 radical (unpaired) electrons. The van der Waals surface area contributed by atoms with Crippen molar-refractivity contribution in [3.8, 4) is 0 Å². The highest BCUT2D eigenvalue weighted by atomic mass is 32.1. The molecule has 1 atom stereocenters. The number of amides is 1. The first-order valence-electron chi connectivity index (χ1n) is 6.70. The summed E-state index contributed by atoms with van der Waals surface area (Å²) in [5.41, 5.74) is 0.741. The molecule has 2 fully saturated rings. The average Bonchev–Trinajstić information content (AvgIpc) is 2.83. The Morgan fingerprint density at radius 1 is 1.44 bits per heavy atom. The molecule has 98 valence electrons. The van der Waals surface area contributed by atoms with Crippen molar-refractivity contribution in [2.45, 2.75) is 38.3 Å². The molecule has 0 aromatic carbocycles. The van der Waals surface area contributed by atoms with Gasteiger partial charge in [0.15, 0.2) is 0 Å². The molecule has 2 saturated heterocycles. The van der Waals surface area contributed by atoms with Crippen molar-refractivity contribution in [2.75, 3.05) is 19.6 Å². The zero-order valence-corrected chi connectivity index (χ0v) is 11.5. The van der Waals surface area contributed by atoms with Crippen LogP contribution in [0.4, 0.5) is 0 Å². The molecule has 1 amide bonds. The molecule has 2 aliphatic heterocycles. The predicted molar refractivity (Wildman–Crippen MR) is 71.8 cm³/mol. The molecule has 2 aliphatic rings. The Balaban J connectivity index is 1.55. The number of likely N-dealkylation sites (tertiary alicyclic amines) is 2. The number of hydrogen-bond acceptors (Lipinski definition) is 4. The van der Waals surface area contributed by atoms with Gasteiger partial charge in [0.25, 0.3) is 5.91 Å². The molecule has 3 rings (SSSR count). The average molecular weight is 265 g/mol. The van der Waals surface area contributed by atoms with Crippen LogP contribution in [0.3, 0.4) is 0 Å². The maximum atomic E-state index is 12.1. The van der Waals surface area contributed by atoms with E-state index in [1.54, 1.807) is 6.20 Å². The molecular formula is C13H19N3OS. The molecule has 0 spiro atoms. The summed E-state index contributed by atoms with van der Waals surface area (Å²) in [4.78, 5) is 16.6. The standard InChI is InChI=1S/C13H19N3OS/c1-10-4-2-3-5-16(10)12-7-15(8-12)13(17)11-6-14-18-9-11/h6,9-10,12H,2-5,7-8H2,1H3. The van der Waals surface area contributed by atoms with Gasteiger partial charge in [0.05, 0.1) is 11.8 Å². The van der Waals surface area contributed by atoms with E-state index in [2.05, 4.69) is 16.2 Å². The first-order chi connectivity index (χ1) is 8.75. The number of carbonyl (C=O) groups is 1. The summed E-state index contributed by atoms with van der Waals surface area (Å²) < 4.78 is 3.99. The molecule has 5 heteroatoms. The molecule has 0 aliphatic carbocycles. The summed E-state index contributed by atoms with van der Waals surface area (Å²) >= 11 is 1.34. The van der Waals surface area contributed by atoms with E-state index in [0.29, 0.717) is 12.1 Å². The minimum absolute atomic E-state index is 0.143. The third-order valence-electron chi connectivity index (χ3n) is 4.15. The molecule has 1 aromatic heterocycles. The highest BCUT2D eigenvalue weighted by Crippen LogP contribution is 2.25. The van der Waals surface area contributed by atoms with Gasteiger partial charge in [-0.05, 0) is 37.8 Å². The Morgan fingerprint density at radius 2 is 2.28 bits per heavy atom. The van der Waals surface area contributed by atoms with Crippen LogP contribution in [0, 0.1) is 0 Å². The Labute approximate surface area is 112 Å². The zero-order chi connectivity index (χ0) is 12.5. The molecule has 18 heavy (non-hydrogen) atoms. The monoisotopic (exact) mass is 265 g/mol. The number of rotatable bonds is 2. The van der Waals surface area contributed by atoms with Crippen molar-refractivity contribution in [3.05, 3.63) is 17.1 Å². The first kappa shape index (κ1) is 12.1. The fourth-order valence-corrected chi connectivity index (χ4v) is 3.50. The van der Waals surface area contributed by atoms with Gasteiger partial charge >= 0.3 is 0 Å². The smallest absolute Gasteiger partial charge is 0.256 e. The van der Waals surface area contributed by atoms with Crippen LogP contribution in [0.2, 0.25) is 0 Å². The van der Waals surface area contributed by atoms with Crippen LogP contribution in [-0.4, -0.2) is 51.8 Å². The fraction of sp³-hybridized carbons (Fsp3) is 0.692. The van der Waals surface area contributed by atoms with Gasteiger partial charge in [-0.1, -0.05) is 6.42 Å². The van der Waals surface area contributed by atoms with E-state index >= 15 is 0 Å². The number of nitrogens with zero attached hydrogens (tertiary/aromatic N) is 3. The second-order valence-electron chi connectivity index (χ2n) is 5.36. The molecule has 1 aromatic rings. The lowest BCUT2D eigenvalue weighted by molar-refractivity contribution is 0.00214. The van der Waals surface area contributed by atoms with E-state index in [9.17, 15) is 4.79 Å². The summed E-state index contributed by atoms with van der Waals surface area (Å²) in [6.07, 6.45) is 5.64. The van der Waals surface area contributed by atoms with Gasteiger partial charge in [-0.2, -0.15) is 0 Å². The van der Waals surface area contributed by atoms with E-state index in [0.717, 1.165) is 18.7 Å². The van der Waals surface area contributed by atoms with E-state index in [-0.39, 0.29) is 5.91 Å². The summed E-state index contributed by atoms with van der Waals surface area (Å²) in [7, 11) is 0. The van der Waals surface area contributed by atoms with E-state index in [1.165, 1.54) is 37.3 Å². The van der Waals surface area contributed by atoms with E-state index < -0.39 is 0 Å². The normalized spacial score (nSPS) is 26.1. The maximum Gasteiger partial charge on any atom is 0.256 e. The van der Waals surface area contributed by atoms with Crippen molar-refractivity contribution in [1.82, 2.24) is 14.2 Å². The Kier molecular flexibility index (Phi) is 3.35. The number of aromatic nitrogens is 1. The third-order valence-corrected chi connectivity index (χ3v) is 4.74. The van der Waals surface area contributed by atoms with Crippen molar-refractivity contribution in [1.29, 1.82) is 0 Å². The highest BCUT2D eigenvalue weighted by molar-refractivity contribution is 7.03. The number of piperidine rings is 1. The molecular weight excluding hydrogens is 246 g/mol. The van der Waals surface area contributed by atoms with Crippen LogP contribution in [0.15, 0.2) is 11.6 Å². The van der Waals surface area contributed by atoms with Crippen LogP contribution in [0.1, 0.15) is 36.5 Å². The first-order valence-corrected chi connectivity index (χ1v) is 7.54. The summed E-state index contributed by atoms with van der Waals surface area (Å²) in [5, 5.41) is 1.83. The van der Waals surface area contributed by atoms with E-state index in [4.69, 9.17) is 0 Å². The second kappa shape index (κ2) is 4.97. The second-order valence-corrected chi connectivity index (χ2v) is 6.02. The number of hydrogen-bond donors (Lipinski definition) is 0. The molecule has 4 nitrogen and oxygen atoms in total. The molecule has 0 bridgehead atoms. The summed E-state index contributed by atoms with van der Waals surface area (Å²) in [6, 6.07) is 1.26. The van der Waals surface area contributed by atoms with Crippen molar-refractivity contribution in [2.24, 2.45) is 0 Å². The predicted octanol–water partition coefficient (Wildman–Crippen LogP) is 1.84. The van der Waals surface area contributed by atoms with Gasteiger partial charge < -0.3 is 4.90 Å². The van der Waals surface area contributed by atoms with Gasteiger partial charge in [-0.25, -0.2) is 4.37 Å². The van der Waals surface area contributed by atoms with Gasteiger partial charge in [-0.3, -0.25) is 9.69 Å². The largest absolute Gasteiger partial charge is 0.335 e. The van der Waals surface area contributed by atoms with Crippen LogP contribution in [0.5, 0.6) is 0 Å². The number of carbonyl (C=O) groups excluding carboxylic acids is 1. The van der Waals surface area contributed by atoms with Crippen molar-refractivity contribution >= 4 is 17.4 Å². The van der Waals surface area contributed by atoms with Crippen LogP contribution in [-0.2, 0) is 0 Å². The molecule has 3 heterocycles. The Bertz CT molecular complexity index is 414. The van der Waals surface area contributed by atoms with Crippen molar-refractivity contribution < 1.29 is 4.79 Å². The zero-order valence-electron chi connectivity index (χ0n) is 10.7. The van der Waals surface area contributed by atoms with Crippen LogP contribution < -0.4 is 0 Å². The lowest BCUT2D eigenvalue weighted by Crippen LogP contribution is -2.63. The van der Waals surface area contributed by atoms with Gasteiger partial charge in [-0.15, -0.1) is 0 Å². The Morgan fingerprint density at radius 3 is 2.94 bits per heavy atom. The van der Waals surface area contributed by atoms with Crippen molar-refractivity contribution in [3.63, 3.8) is 0 Å². The molecule has 1 unspecified atom stereocenters. The third kappa shape index (κ3) is 2.17. The SMILES string of the molecule is CC1CCCCN1C1CN(C(=O)c2cnsc2)C1. The lowest BCUT2D eigenvalue weighted by Gasteiger charge is -2.49. The summed E-state index contributed by atoms with van der Waals surface area (Å²) in [6.45, 7) is 5.29. The quantitative estimate of drug-likeness (QED) is 0.818. The minimum Gasteiger partial charge on any atom is -0.335 e. The Hall–Kier alpha value is -0.940.